The minimum Gasteiger partial charge on any atom is -0.504 e. The summed E-state index contributed by atoms with van der Waals surface area (Å²) in [4.78, 5) is 4.62. The first-order valence-electron chi connectivity index (χ1n) is 29.3. The van der Waals surface area contributed by atoms with Crippen LogP contribution in [-0.2, 0) is 12.8 Å². The van der Waals surface area contributed by atoms with Gasteiger partial charge in [0, 0.05) is 60.4 Å². The third-order valence-electron chi connectivity index (χ3n) is 17.6. The lowest BCUT2D eigenvalue weighted by Crippen LogP contribution is -2.18. The summed E-state index contributed by atoms with van der Waals surface area (Å²) >= 11 is 1.62. The van der Waals surface area contributed by atoms with E-state index in [4.69, 9.17) is 0 Å². The number of hydrogen-bond acceptors (Lipinski definition) is 7. The van der Waals surface area contributed by atoms with Gasteiger partial charge in [-0.3, -0.25) is 0 Å². The second-order valence-electron chi connectivity index (χ2n) is 22.5. The van der Waals surface area contributed by atoms with Crippen LogP contribution in [0.4, 0.5) is 28.4 Å². The third-order valence-corrected chi connectivity index (χ3v) is 18.8. The van der Waals surface area contributed by atoms with Crippen molar-refractivity contribution >= 4 is 105 Å². The molecule has 416 valence electrons. The second-order valence-corrected chi connectivity index (χ2v) is 23.6. The molecule has 2 heterocycles. The Balaban J connectivity index is 0.874. The number of aromatic hydroxyl groups is 4. The molecule has 2 aromatic heterocycles. The Labute approximate surface area is 503 Å². The number of thiophene rings is 1. The number of hydrogen-bond donors (Lipinski definition) is 4. The first kappa shape index (κ1) is 52.3. The van der Waals surface area contributed by atoms with Crippen LogP contribution in [0.15, 0.2) is 243 Å². The molecule has 8 heteroatoms. The average molecular weight is 1130 g/mol. The third kappa shape index (κ3) is 8.88. The summed E-state index contributed by atoms with van der Waals surface area (Å²) in [5.74, 6) is -2.07. The molecule has 3 aliphatic carbocycles. The molecule has 0 unspecified atom stereocenters. The van der Waals surface area contributed by atoms with E-state index in [1.165, 1.54) is 34.4 Å². The van der Waals surface area contributed by atoms with Crippen molar-refractivity contribution in [2.75, 3.05) is 9.80 Å². The van der Waals surface area contributed by atoms with Crippen LogP contribution in [0, 0.1) is 0 Å². The molecule has 0 saturated heterocycles. The van der Waals surface area contributed by atoms with E-state index in [0.29, 0.717) is 23.9 Å². The maximum atomic E-state index is 12.4. The highest BCUT2D eigenvalue weighted by molar-refractivity contribution is 7.26. The van der Waals surface area contributed by atoms with E-state index in [1.807, 2.05) is 41.0 Å². The predicted molar refractivity (Wildman–Crippen MR) is 360 cm³/mol. The molecule has 0 spiro atoms. The van der Waals surface area contributed by atoms with Crippen LogP contribution in [0.5, 0.6) is 23.0 Å². The van der Waals surface area contributed by atoms with Gasteiger partial charge >= 0.3 is 0 Å². The smallest absolute Gasteiger partial charge is 0.186 e. The Morgan fingerprint density at radius 2 is 1.03 bits per heavy atom. The molecule has 0 bridgehead atoms. The molecule has 86 heavy (non-hydrogen) atoms. The van der Waals surface area contributed by atoms with Crippen molar-refractivity contribution in [1.29, 1.82) is 0 Å². The van der Waals surface area contributed by atoms with E-state index in [9.17, 15) is 20.4 Å². The van der Waals surface area contributed by atoms with E-state index >= 15 is 0 Å². The van der Waals surface area contributed by atoms with Gasteiger partial charge in [0.05, 0.1) is 21.3 Å². The van der Waals surface area contributed by atoms with Crippen LogP contribution in [0.1, 0.15) is 59.1 Å². The molecule has 10 aromatic carbocycles. The lowest BCUT2D eigenvalue weighted by Gasteiger charge is -2.31. The van der Waals surface area contributed by atoms with Crippen molar-refractivity contribution < 1.29 is 20.4 Å². The SMILES string of the molecule is C=Cc1ccc(-c2ccc(N(C3=CC=C(c4ccc5c(c4)CC5)CC3)c3cccc(-c4cccc(N(c5ccc(C=C)cc5)c5ccc6c7ccc8c9ccccc9sc8c7n(-c7c(O)c(O)c(C8=CC=CCC8)c(O)c7O)c6c5)c4)c3)cc2)cc1. The number of nitrogens with zero attached hydrogens (tertiary/aromatic N) is 3. The van der Waals surface area contributed by atoms with Gasteiger partial charge in [0.2, 0.25) is 0 Å². The maximum absolute atomic E-state index is 12.4. The first-order chi connectivity index (χ1) is 42.2. The molecule has 15 rings (SSSR count). The van der Waals surface area contributed by atoms with E-state index < -0.39 is 23.0 Å². The van der Waals surface area contributed by atoms with Gasteiger partial charge in [0.1, 0.15) is 5.69 Å². The zero-order valence-electron chi connectivity index (χ0n) is 47.2. The second kappa shape index (κ2) is 21.3. The van der Waals surface area contributed by atoms with Gasteiger partial charge in [-0.15, -0.1) is 11.3 Å². The number of fused-ring (bicyclic) bond motifs is 8. The first-order valence-corrected chi connectivity index (χ1v) is 30.1. The highest BCUT2D eigenvalue weighted by Crippen LogP contribution is 2.55. The molecule has 3 aliphatic rings. The maximum Gasteiger partial charge on any atom is 0.186 e. The average Bonchev–Trinajstić information content (AvgIpc) is 1.73. The standard InChI is InChI=1S/C78H59N3O4S/c1-3-48-20-24-50(25-21-48)51-30-36-60(37-31-51)79(61-38-32-53(33-39-61)58-29-27-52-26-28-57(52)44-58)62-16-10-14-55(45-62)56-15-11-17-63(46-56)80(59-34-22-49(4-2)23-35-59)64-40-41-65-67-42-43-68-66-18-8-9-19-70(66)86-78(68)72(67)81(69(65)47-64)73-76(84)74(82)71(75(83)77(73)85)54-12-6-5-7-13-54/h3-6,8-12,14-25,27,29-32,34-38,40-47,82-85H,1-2,7,13,26,28,33,39H2. The highest BCUT2D eigenvalue weighted by Gasteiger charge is 2.31. The van der Waals surface area contributed by atoms with Crippen LogP contribution in [0.2, 0.25) is 0 Å². The molecule has 7 nitrogen and oxygen atoms in total. The van der Waals surface area contributed by atoms with Gasteiger partial charge in [-0.1, -0.05) is 177 Å². The summed E-state index contributed by atoms with van der Waals surface area (Å²) in [6.45, 7) is 8.01. The molecule has 0 amide bonds. The minimum absolute atomic E-state index is 0.0156. The molecule has 12 aromatic rings. The summed E-state index contributed by atoms with van der Waals surface area (Å²) in [6.07, 6.45) is 19.3. The molecule has 0 aliphatic heterocycles. The minimum atomic E-state index is -0.536. The van der Waals surface area contributed by atoms with E-state index in [-0.39, 0.29) is 11.3 Å². The lowest BCUT2D eigenvalue weighted by atomic mass is 9.84. The van der Waals surface area contributed by atoms with Gasteiger partial charge in [-0.05, 0) is 173 Å². The normalized spacial score (nSPS) is 13.7. The predicted octanol–water partition coefficient (Wildman–Crippen LogP) is 20.8. The van der Waals surface area contributed by atoms with Gasteiger partial charge in [-0.25, -0.2) is 0 Å². The van der Waals surface area contributed by atoms with Gasteiger partial charge in [0.25, 0.3) is 0 Å². The molecule has 0 radical (unpaired) electrons. The van der Waals surface area contributed by atoms with Gasteiger partial charge < -0.3 is 34.8 Å². The number of aryl methyl sites for hydroxylation is 2. The van der Waals surface area contributed by atoms with Crippen LogP contribution in [0.3, 0.4) is 0 Å². The number of phenols is 4. The van der Waals surface area contributed by atoms with Crippen LogP contribution >= 0.6 is 11.3 Å². The summed E-state index contributed by atoms with van der Waals surface area (Å²) < 4.78 is 3.83. The fraction of sp³-hybridized carbons (Fsp3) is 0.0769. The number of allylic oxidation sites excluding steroid dienone is 8. The van der Waals surface area contributed by atoms with E-state index in [2.05, 4.69) is 217 Å². The van der Waals surface area contributed by atoms with Gasteiger partial charge in [-0.2, -0.15) is 0 Å². The molecule has 0 saturated carbocycles. The summed E-state index contributed by atoms with van der Waals surface area (Å²) in [5, 5.41) is 52.5. The van der Waals surface area contributed by atoms with Crippen molar-refractivity contribution in [3.63, 3.8) is 0 Å². The fourth-order valence-corrected chi connectivity index (χ4v) is 14.3. The fourth-order valence-electron chi connectivity index (χ4n) is 13.0. The molecule has 0 fully saturated rings. The van der Waals surface area contributed by atoms with E-state index in [1.54, 1.807) is 17.4 Å². The largest absolute Gasteiger partial charge is 0.504 e. The number of benzene rings is 10. The summed E-state index contributed by atoms with van der Waals surface area (Å²) in [6, 6.07) is 68.8. The van der Waals surface area contributed by atoms with Crippen molar-refractivity contribution in [2.45, 2.75) is 38.5 Å². The zero-order chi connectivity index (χ0) is 58.2. The zero-order valence-corrected chi connectivity index (χ0v) is 48.0. The molecular weight excluding hydrogens is 1070 g/mol. The summed E-state index contributed by atoms with van der Waals surface area (Å²) in [7, 11) is 0. The molecule has 4 N–H and O–H groups in total. The number of rotatable bonds is 13. The van der Waals surface area contributed by atoms with Crippen molar-refractivity contribution in [3.05, 3.63) is 277 Å². The molecular formula is C78H59N3O4S. The number of aromatic nitrogens is 1. The van der Waals surface area contributed by atoms with Crippen molar-refractivity contribution in [2.24, 2.45) is 0 Å². The van der Waals surface area contributed by atoms with E-state index in [0.717, 1.165) is 118 Å². The van der Waals surface area contributed by atoms with Crippen LogP contribution in [0.25, 0.3) is 93.2 Å². The molecule has 0 atom stereocenters. The quantitative estimate of drug-likeness (QED) is 0.0679. The Morgan fingerprint density at radius 1 is 0.430 bits per heavy atom. The number of anilines is 5. The Bertz CT molecular complexity index is 4870. The topological polar surface area (TPSA) is 92.3 Å². The van der Waals surface area contributed by atoms with Crippen molar-refractivity contribution in [3.8, 4) is 50.9 Å². The monoisotopic (exact) mass is 1130 g/mol. The highest BCUT2D eigenvalue weighted by atomic mass is 32.1. The Kier molecular flexibility index (Phi) is 12.9. The Hall–Kier alpha value is -10.5. The van der Waals surface area contributed by atoms with Crippen molar-refractivity contribution in [1.82, 2.24) is 4.57 Å². The lowest BCUT2D eigenvalue weighted by molar-refractivity contribution is 0.369. The van der Waals surface area contributed by atoms with Gasteiger partial charge in [0.15, 0.2) is 23.0 Å². The van der Waals surface area contributed by atoms with Crippen LogP contribution in [-0.4, -0.2) is 25.0 Å². The van der Waals surface area contributed by atoms with Crippen LogP contribution < -0.4 is 9.80 Å². The Morgan fingerprint density at radius 3 is 1.69 bits per heavy atom. The number of phenolic OH excluding ortho intramolecular Hbond substituents is 4. The summed E-state index contributed by atoms with van der Waals surface area (Å²) in [5.41, 5.74) is 19.8.